The van der Waals surface area contributed by atoms with Crippen molar-refractivity contribution >= 4 is 11.5 Å². The molecular weight excluding hydrogens is 291 g/mol. The van der Waals surface area contributed by atoms with E-state index in [1.807, 2.05) is 24.3 Å². The number of carbonyl (C=O) groups excluding carboxylic acids is 1. The van der Waals surface area contributed by atoms with Crippen molar-refractivity contribution < 1.29 is 9.18 Å². The van der Waals surface area contributed by atoms with Crippen LogP contribution < -0.4 is 4.90 Å². The molecule has 1 aliphatic heterocycles. The first-order chi connectivity index (χ1) is 11.2. The van der Waals surface area contributed by atoms with Crippen molar-refractivity contribution in [3.05, 3.63) is 65.5 Å². The molecule has 2 aromatic rings. The zero-order valence-electron chi connectivity index (χ0n) is 12.7. The third-order valence-electron chi connectivity index (χ3n) is 4.36. The molecule has 0 radical (unpaired) electrons. The molecule has 1 saturated heterocycles. The zero-order valence-corrected chi connectivity index (χ0v) is 12.7. The second kappa shape index (κ2) is 6.62. The lowest BCUT2D eigenvalue weighted by atomic mass is 9.88. The first-order valence-corrected chi connectivity index (χ1v) is 7.72. The van der Waals surface area contributed by atoms with E-state index in [1.165, 1.54) is 12.1 Å². The maximum atomic E-state index is 12.9. The molecule has 0 atom stereocenters. The molecule has 0 spiro atoms. The van der Waals surface area contributed by atoms with E-state index < -0.39 is 0 Å². The fourth-order valence-electron chi connectivity index (χ4n) is 3.00. The molecule has 116 valence electrons. The summed E-state index contributed by atoms with van der Waals surface area (Å²) >= 11 is 0. The van der Waals surface area contributed by atoms with Gasteiger partial charge in [-0.05, 0) is 61.4 Å². The molecule has 3 nitrogen and oxygen atoms in total. The van der Waals surface area contributed by atoms with Gasteiger partial charge in [-0.3, -0.25) is 4.79 Å². The van der Waals surface area contributed by atoms with Gasteiger partial charge < -0.3 is 4.90 Å². The average molecular weight is 308 g/mol. The minimum atomic E-state index is -0.322. The van der Waals surface area contributed by atoms with Crippen molar-refractivity contribution in [2.45, 2.75) is 12.8 Å². The standard InChI is InChI=1S/C19H17FN2O/c20-17-5-3-15(4-6-17)19(23)16-9-11-22(12-10-16)18-7-1-14(13-21)2-8-18/h1-8,16H,9-12H2. The number of hydrogen-bond acceptors (Lipinski definition) is 3. The van der Waals surface area contributed by atoms with E-state index in [9.17, 15) is 9.18 Å². The molecular formula is C19H17FN2O. The molecule has 0 aliphatic carbocycles. The molecule has 0 saturated carbocycles. The smallest absolute Gasteiger partial charge is 0.166 e. The Hall–Kier alpha value is -2.67. The fourth-order valence-corrected chi connectivity index (χ4v) is 3.00. The van der Waals surface area contributed by atoms with E-state index in [-0.39, 0.29) is 17.5 Å². The molecule has 1 aliphatic rings. The lowest BCUT2D eigenvalue weighted by Crippen LogP contribution is -2.36. The second-order valence-corrected chi connectivity index (χ2v) is 5.79. The number of Topliss-reactive ketones (excluding diaryl/α,β-unsaturated/α-hetero) is 1. The van der Waals surface area contributed by atoms with Crippen LogP contribution in [0.5, 0.6) is 0 Å². The molecule has 3 rings (SSSR count). The number of benzene rings is 2. The Balaban J connectivity index is 1.62. The van der Waals surface area contributed by atoms with Gasteiger partial charge in [0, 0.05) is 30.3 Å². The second-order valence-electron chi connectivity index (χ2n) is 5.79. The third kappa shape index (κ3) is 3.40. The van der Waals surface area contributed by atoms with Crippen LogP contribution in [0.3, 0.4) is 0 Å². The zero-order chi connectivity index (χ0) is 16.2. The average Bonchev–Trinajstić information content (AvgIpc) is 2.62. The molecule has 1 heterocycles. The number of rotatable bonds is 3. The highest BCUT2D eigenvalue weighted by molar-refractivity contribution is 5.98. The number of carbonyl (C=O) groups is 1. The molecule has 0 amide bonds. The maximum Gasteiger partial charge on any atom is 0.166 e. The molecule has 23 heavy (non-hydrogen) atoms. The van der Waals surface area contributed by atoms with Crippen molar-refractivity contribution in [3.8, 4) is 6.07 Å². The largest absolute Gasteiger partial charge is 0.371 e. The molecule has 1 fully saturated rings. The Morgan fingerprint density at radius 1 is 1.04 bits per heavy atom. The quantitative estimate of drug-likeness (QED) is 0.810. The Bertz CT molecular complexity index is 723. The van der Waals surface area contributed by atoms with Gasteiger partial charge in [0.2, 0.25) is 0 Å². The Kier molecular flexibility index (Phi) is 4.38. The van der Waals surface area contributed by atoms with Crippen LogP contribution in [0.2, 0.25) is 0 Å². The number of nitrogens with zero attached hydrogens (tertiary/aromatic N) is 2. The van der Waals surface area contributed by atoms with Crippen molar-refractivity contribution in [2.75, 3.05) is 18.0 Å². The predicted octanol–water partition coefficient (Wildman–Crippen LogP) is 3.80. The topological polar surface area (TPSA) is 44.1 Å². The Morgan fingerprint density at radius 3 is 2.22 bits per heavy atom. The van der Waals surface area contributed by atoms with Crippen LogP contribution in [0.25, 0.3) is 0 Å². The highest BCUT2D eigenvalue weighted by atomic mass is 19.1. The van der Waals surface area contributed by atoms with E-state index in [0.29, 0.717) is 11.1 Å². The van der Waals surface area contributed by atoms with Crippen LogP contribution in [0.15, 0.2) is 48.5 Å². The van der Waals surface area contributed by atoms with Gasteiger partial charge in [0.25, 0.3) is 0 Å². The molecule has 4 heteroatoms. The number of ketones is 1. The minimum absolute atomic E-state index is 0.00454. The van der Waals surface area contributed by atoms with Gasteiger partial charge >= 0.3 is 0 Å². The summed E-state index contributed by atoms with van der Waals surface area (Å²) in [6.45, 7) is 1.62. The fraction of sp³-hybridized carbons (Fsp3) is 0.263. The van der Waals surface area contributed by atoms with E-state index in [1.54, 1.807) is 12.1 Å². The van der Waals surface area contributed by atoms with E-state index in [2.05, 4.69) is 11.0 Å². The van der Waals surface area contributed by atoms with Gasteiger partial charge in [-0.25, -0.2) is 4.39 Å². The van der Waals surface area contributed by atoms with Crippen molar-refractivity contribution in [1.29, 1.82) is 5.26 Å². The number of halogens is 1. The van der Waals surface area contributed by atoms with Crippen LogP contribution in [0, 0.1) is 23.1 Å². The van der Waals surface area contributed by atoms with Crippen molar-refractivity contribution in [3.63, 3.8) is 0 Å². The van der Waals surface area contributed by atoms with Gasteiger partial charge in [-0.15, -0.1) is 0 Å². The number of hydrogen-bond donors (Lipinski definition) is 0. The molecule has 0 unspecified atom stereocenters. The van der Waals surface area contributed by atoms with Crippen molar-refractivity contribution in [2.24, 2.45) is 5.92 Å². The maximum absolute atomic E-state index is 12.9. The summed E-state index contributed by atoms with van der Waals surface area (Å²) < 4.78 is 12.9. The third-order valence-corrected chi connectivity index (χ3v) is 4.36. The van der Waals surface area contributed by atoms with Gasteiger partial charge in [-0.2, -0.15) is 5.26 Å². The van der Waals surface area contributed by atoms with Crippen molar-refractivity contribution in [1.82, 2.24) is 0 Å². The Morgan fingerprint density at radius 2 is 1.65 bits per heavy atom. The normalized spacial score (nSPS) is 15.2. The highest BCUT2D eigenvalue weighted by Crippen LogP contribution is 2.26. The lowest BCUT2D eigenvalue weighted by molar-refractivity contribution is 0.0900. The monoisotopic (exact) mass is 308 g/mol. The Labute approximate surface area is 135 Å². The van der Waals surface area contributed by atoms with Crippen LogP contribution in [-0.4, -0.2) is 18.9 Å². The molecule has 0 aromatic heterocycles. The predicted molar refractivity (Wildman–Crippen MR) is 86.8 cm³/mol. The summed E-state index contributed by atoms with van der Waals surface area (Å²) in [6, 6.07) is 15.4. The molecule has 2 aromatic carbocycles. The summed E-state index contributed by atoms with van der Waals surface area (Å²) in [6.07, 6.45) is 1.58. The van der Waals surface area contributed by atoms with Gasteiger partial charge in [0.05, 0.1) is 11.6 Å². The van der Waals surface area contributed by atoms with E-state index in [4.69, 9.17) is 5.26 Å². The number of piperidine rings is 1. The van der Waals surface area contributed by atoms with E-state index in [0.717, 1.165) is 31.6 Å². The SMILES string of the molecule is N#Cc1ccc(N2CCC(C(=O)c3ccc(F)cc3)CC2)cc1. The summed E-state index contributed by atoms with van der Waals surface area (Å²) in [5, 5.41) is 8.84. The van der Waals surface area contributed by atoms with Crippen LogP contribution >= 0.6 is 0 Å². The highest BCUT2D eigenvalue weighted by Gasteiger charge is 2.25. The summed E-state index contributed by atoms with van der Waals surface area (Å²) in [5.74, 6) is -0.225. The first kappa shape index (κ1) is 15.2. The summed E-state index contributed by atoms with van der Waals surface area (Å²) in [4.78, 5) is 14.7. The number of nitriles is 1. The van der Waals surface area contributed by atoms with Crippen LogP contribution in [0.1, 0.15) is 28.8 Å². The molecule has 0 N–H and O–H groups in total. The van der Waals surface area contributed by atoms with Gasteiger partial charge in [0.15, 0.2) is 5.78 Å². The summed E-state index contributed by atoms with van der Waals surface area (Å²) in [5.41, 5.74) is 2.31. The van der Waals surface area contributed by atoms with Gasteiger partial charge in [0.1, 0.15) is 5.82 Å². The van der Waals surface area contributed by atoms with Gasteiger partial charge in [-0.1, -0.05) is 0 Å². The lowest BCUT2D eigenvalue weighted by Gasteiger charge is -2.33. The molecule has 0 bridgehead atoms. The van der Waals surface area contributed by atoms with Crippen LogP contribution in [0.4, 0.5) is 10.1 Å². The minimum Gasteiger partial charge on any atom is -0.371 e. The number of anilines is 1. The van der Waals surface area contributed by atoms with Crippen LogP contribution in [-0.2, 0) is 0 Å². The first-order valence-electron chi connectivity index (χ1n) is 7.72. The summed E-state index contributed by atoms with van der Waals surface area (Å²) in [7, 11) is 0. The van der Waals surface area contributed by atoms with E-state index >= 15 is 0 Å².